The minimum Gasteiger partial charge on any atom is -0.459 e. The van der Waals surface area contributed by atoms with E-state index in [1.165, 1.54) is 29.5 Å². The van der Waals surface area contributed by atoms with E-state index in [2.05, 4.69) is 15.6 Å². The van der Waals surface area contributed by atoms with E-state index in [9.17, 15) is 19.2 Å². The predicted octanol–water partition coefficient (Wildman–Crippen LogP) is 6.06. The van der Waals surface area contributed by atoms with Crippen molar-refractivity contribution >= 4 is 63.1 Å². The Morgan fingerprint density at radius 1 is 0.951 bits per heavy atom. The van der Waals surface area contributed by atoms with E-state index in [0.29, 0.717) is 16.4 Å². The third-order valence-electron chi connectivity index (χ3n) is 5.92. The van der Waals surface area contributed by atoms with Gasteiger partial charge in [0.2, 0.25) is 0 Å². The summed E-state index contributed by atoms with van der Waals surface area (Å²) in [5.74, 6) is -2.63. The number of ether oxygens (including phenoxy) is 1. The third-order valence-corrected chi connectivity index (χ3v) is 7.03. The molecule has 0 aliphatic carbocycles. The molecule has 1 aliphatic rings. The number of carbonyl (C=O) groups is 4. The summed E-state index contributed by atoms with van der Waals surface area (Å²) < 4.78 is 5.27. The number of halogens is 1. The Morgan fingerprint density at radius 3 is 2.44 bits per heavy atom. The molecule has 0 fully saturated rings. The molecule has 0 spiro atoms. The molecule has 1 aliphatic heterocycles. The number of anilines is 3. The molecular weight excluding hydrogens is 564 g/mol. The molecule has 9 nitrogen and oxygen atoms in total. The molecule has 0 bridgehead atoms. The first-order valence-electron chi connectivity index (χ1n) is 12.5. The van der Waals surface area contributed by atoms with Gasteiger partial charge in [0.05, 0.1) is 23.0 Å². The van der Waals surface area contributed by atoms with E-state index in [1.807, 2.05) is 35.7 Å². The van der Waals surface area contributed by atoms with Crippen LogP contribution >= 0.6 is 22.9 Å². The van der Waals surface area contributed by atoms with E-state index < -0.39 is 29.8 Å². The van der Waals surface area contributed by atoms with Gasteiger partial charge in [0.1, 0.15) is 10.7 Å². The van der Waals surface area contributed by atoms with Crippen LogP contribution in [-0.4, -0.2) is 34.8 Å². The second-order valence-electron chi connectivity index (χ2n) is 9.17. The SMILES string of the molecule is CC(C)OC(=O)c1ccccc1N1C(=O)C(Cl)=C(Nc2cccc(C(=O)Nc3nc(-c4ccccc4)cs3)c2)C1=O. The largest absolute Gasteiger partial charge is 0.459 e. The van der Waals surface area contributed by atoms with E-state index in [0.717, 1.165) is 16.2 Å². The van der Waals surface area contributed by atoms with Crippen molar-refractivity contribution in [2.24, 2.45) is 0 Å². The van der Waals surface area contributed by atoms with Crippen LogP contribution in [0.5, 0.6) is 0 Å². The van der Waals surface area contributed by atoms with Gasteiger partial charge in [0, 0.05) is 22.2 Å². The Labute approximate surface area is 244 Å². The molecule has 0 radical (unpaired) electrons. The minimum absolute atomic E-state index is 0.0462. The number of amides is 3. The van der Waals surface area contributed by atoms with Crippen LogP contribution in [0.25, 0.3) is 11.3 Å². The molecule has 3 aromatic carbocycles. The third kappa shape index (κ3) is 5.88. The number of esters is 1. The lowest BCUT2D eigenvalue weighted by molar-refractivity contribution is -0.120. The van der Waals surface area contributed by atoms with Crippen LogP contribution in [0.2, 0.25) is 0 Å². The van der Waals surface area contributed by atoms with Crippen molar-refractivity contribution in [2.75, 3.05) is 15.5 Å². The zero-order valence-electron chi connectivity index (χ0n) is 21.9. The van der Waals surface area contributed by atoms with Crippen molar-refractivity contribution in [3.63, 3.8) is 0 Å². The second kappa shape index (κ2) is 11.7. The average Bonchev–Trinajstić information content (AvgIpc) is 3.51. The Kier molecular flexibility index (Phi) is 7.95. The van der Waals surface area contributed by atoms with Gasteiger partial charge in [0.25, 0.3) is 17.7 Å². The number of benzene rings is 3. The van der Waals surface area contributed by atoms with Gasteiger partial charge < -0.3 is 10.1 Å². The second-order valence-corrected chi connectivity index (χ2v) is 10.4. The monoisotopic (exact) mass is 586 g/mol. The number of aromatic nitrogens is 1. The fraction of sp³-hybridized carbons (Fsp3) is 0.100. The average molecular weight is 587 g/mol. The van der Waals surface area contributed by atoms with Crippen LogP contribution in [0.1, 0.15) is 34.6 Å². The summed E-state index contributed by atoms with van der Waals surface area (Å²) in [4.78, 5) is 57.3. The molecular formula is C30H23ClN4O5S. The van der Waals surface area contributed by atoms with Gasteiger partial charge in [-0.25, -0.2) is 14.7 Å². The van der Waals surface area contributed by atoms with Crippen LogP contribution in [0.4, 0.5) is 16.5 Å². The van der Waals surface area contributed by atoms with Crippen LogP contribution in [0.15, 0.2) is 95.0 Å². The summed E-state index contributed by atoms with van der Waals surface area (Å²) in [6.07, 6.45) is -0.398. The van der Waals surface area contributed by atoms with Crippen LogP contribution in [0.3, 0.4) is 0 Å². The van der Waals surface area contributed by atoms with Crippen molar-refractivity contribution < 1.29 is 23.9 Å². The van der Waals surface area contributed by atoms with Gasteiger partial charge in [-0.05, 0) is 44.2 Å². The van der Waals surface area contributed by atoms with Gasteiger partial charge in [-0.1, -0.05) is 60.1 Å². The number of hydrogen-bond acceptors (Lipinski definition) is 8. The number of imide groups is 1. The quantitative estimate of drug-likeness (QED) is 0.190. The number of nitrogens with one attached hydrogen (secondary N) is 2. The summed E-state index contributed by atoms with van der Waals surface area (Å²) in [6, 6.07) is 22.1. The molecule has 206 valence electrons. The highest BCUT2D eigenvalue weighted by atomic mass is 35.5. The van der Waals surface area contributed by atoms with Crippen molar-refractivity contribution in [1.29, 1.82) is 0 Å². The standard InChI is InChI=1S/C30H23ClN4O5S/c1-17(2)40-29(39)21-13-6-7-14-23(21)35-27(37)24(31)25(28(35)38)32-20-12-8-11-19(15-20)26(36)34-30-33-22(16-41-30)18-9-4-3-5-10-18/h3-17,32H,1-2H3,(H,33,34,36). The molecule has 1 aromatic heterocycles. The first-order valence-corrected chi connectivity index (χ1v) is 13.8. The summed E-state index contributed by atoms with van der Waals surface area (Å²) in [5, 5.41) is 7.58. The van der Waals surface area contributed by atoms with E-state index in [-0.39, 0.29) is 22.0 Å². The Hall–Kier alpha value is -4.80. The van der Waals surface area contributed by atoms with Crippen molar-refractivity contribution in [3.05, 3.63) is 106 Å². The molecule has 0 atom stereocenters. The van der Waals surface area contributed by atoms with Crippen LogP contribution < -0.4 is 15.5 Å². The Bertz CT molecular complexity index is 1700. The fourth-order valence-corrected chi connectivity index (χ4v) is 5.00. The minimum atomic E-state index is -0.796. The molecule has 0 saturated carbocycles. The lowest BCUT2D eigenvalue weighted by Gasteiger charge is -2.19. The summed E-state index contributed by atoms with van der Waals surface area (Å²) in [6.45, 7) is 3.39. The molecule has 5 rings (SSSR count). The van der Waals surface area contributed by atoms with Crippen molar-refractivity contribution in [1.82, 2.24) is 4.98 Å². The van der Waals surface area contributed by atoms with Gasteiger partial charge >= 0.3 is 5.97 Å². The molecule has 0 saturated heterocycles. The van der Waals surface area contributed by atoms with E-state index in [4.69, 9.17) is 16.3 Å². The summed E-state index contributed by atoms with van der Waals surface area (Å²) in [7, 11) is 0. The Morgan fingerprint density at radius 2 is 1.68 bits per heavy atom. The number of hydrogen-bond donors (Lipinski definition) is 2. The summed E-state index contributed by atoms with van der Waals surface area (Å²) in [5.41, 5.74) is 2.23. The maximum atomic E-state index is 13.4. The molecule has 0 unspecified atom stereocenters. The maximum absolute atomic E-state index is 13.4. The van der Waals surface area contributed by atoms with Crippen LogP contribution in [0, 0.1) is 0 Å². The number of carbonyl (C=O) groups excluding carboxylic acids is 4. The van der Waals surface area contributed by atoms with Gasteiger partial charge in [-0.2, -0.15) is 0 Å². The molecule has 2 heterocycles. The first kappa shape index (κ1) is 27.8. The molecule has 3 amide bonds. The zero-order valence-corrected chi connectivity index (χ0v) is 23.5. The molecule has 11 heteroatoms. The smallest absolute Gasteiger partial charge is 0.340 e. The highest BCUT2D eigenvalue weighted by Gasteiger charge is 2.40. The Balaban J connectivity index is 1.33. The van der Waals surface area contributed by atoms with Gasteiger partial charge in [-0.15, -0.1) is 11.3 Å². The molecule has 2 N–H and O–H groups in total. The highest BCUT2D eigenvalue weighted by Crippen LogP contribution is 2.33. The van der Waals surface area contributed by atoms with E-state index in [1.54, 1.807) is 44.2 Å². The van der Waals surface area contributed by atoms with E-state index >= 15 is 0 Å². The maximum Gasteiger partial charge on any atom is 0.340 e. The highest BCUT2D eigenvalue weighted by molar-refractivity contribution is 7.14. The molecule has 41 heavy (non-hydrogen) atoms. The van der Waals surface area contributed by atoms with Crippen LogP contribution in [-0.2, 0) is 14.3 Å². The number of para-hydroxylation sites is 1. The lowest BCUT2D eigenvalue weighted by atomic mass is 10.1. The normalized spacial score (nSPS) is 13.1. The first-order chi connectivity index (χ1) is 19.7. The fourth-order valence-electron chi connectivity index (χ4n) is 4.07. The topological polar surface area (TPSA) is 118 Å². The van der Waals surface area contributed by atoms with Gasteiger partial charge in [-0.3, -0.25) is 19.7 Å². The van der Waals surface area contributed by atoms with Crippen molar-refractivity contribution in [3.8, 4) is 11.3 Å². The predicted molar refractivity (Wildman–Crippen MR) is 158 cm³/mol. The zero-order chi connectivity index (χ0) is 29.1. The number of nitrogens with zero attached hydrogens (tertiary/aromatic N) is 2. The lowest BCUT2D eigenvalue weighted by Crippen LogP contribution is -2.34. The number of thiazole rings is 1. The summed E-state index contributed by atoms with van der Waals surface area (Å²) >= 11 is 7.60. The number of rotatable bonds is 8. The van der Waals surface area contributed by atoms with Gasteiger partial charge in [0.15, 0.2) is 5.13 Å². The van der Waals surface area contributed by atoms with Crippen molar-refractivity contribution in [2.45, 2.75) is 20.0 Å². The molecule has 4 aromatic rings.